The summed E-state index contributed by atoms with van der Waals surface area (Å²) in [5.41, 5.74) is 1.65. The minimum Gasteiger partial charge on any atom is -0.364 e. The first-order valence-electron chi connectivity index (χ1n) is 3.83. The van der Waals surface area contributed by atoms with E-state index in [9.17, 15) is 0 Å². The molecule has 0 bridgehead atoms. The first-order valence-corrected chi connectivity index (χ1v) is 3.83. The third-order valence-electron chi connectivity index (χ3n) is 1.66. The first-order chi connectivity index (χ1) is 5.74. The molecule has 0 amide bonds. The van der Waals surface area contributed by atoms with Gasteiger partial charge in [-0.05, 0) is 12.6 Å². The van der Waals surface area contributed by atoms with Gasteiger partial charge in [-0.15, -0.1) is 0 Å². The van der Waals surface area contributed by atoms with Crippen LogP contribution in [-0.4, -0.2) is 17.3 Å². The highest BCUT2D eigenvalue weighted by molar-refractivity contribution is 5.22. The number of nitrogens with one attached hydrogen (secondary N) is 1. The molecular weight excluding hydrogens is 154 g/mol. The maximum absolute atomic E-state index is 8.78. The van der Waals surface area contributed by atoms with Gasteiger partial charge in [-0.1, -0.05) is 24.3 Å². The number of aliphatic hydroxyl groups excluding tert-OH is 1. The van der Waals surface area contributed by atoms with Crippen molar-refractivity contribution in [2.75, 3.05) is 7.05 Å². The first kappa shape index (κ1) is 9.19. The zero-order chi connectivity index (χ0) is 8.97. The van der Waals surface area contributed by atoms with Crippen molar-refractivity contribution in [1.82, 2.24) is 5.32 Å². The van der Waals surface area contributed by atoms with Crippen LogP contribution in [0.2, 0.25) is 0 Å². The third-order valence-corrected chi connectivity index (χ3v) is 1.66. The number of hydrogen-bond acceptors (Lipinski definition) is 3. The van der Waals surface area contributed by atoms with Crippen molar-refractivity contribution in [3.8, 4) is 0 Å². The molecule has 1 aromatic carbocycles. The Bertz CT molecular complexity index is 231. The van der Waals surface area contributed by atoms with Gasteiger partial charge in [-0.2, -0.15) is 0 Å². The van der Waals surface area contributed by atoms with Crippen molar-refractivity contribution in [3.05, 3.63) is 35.4 Å². The zero-order valence-electron chi connectivity index (χ0n) is 6.99. The Morgan fingerprint density at radius 1 is 1.25 bits per heavy atom. The molecule has 0 fully saturated rings. The van der Waals surface area contributed by atoms with Crippen LogP contribution in [0.15, 0.2) is 24.3 Å². The van der Waals surface area contributed by atoms with Gasteiger partial charge < -0.3 is 15.5 Å². The summed E-state index contributed by atoms with van der Waals surface area (Å²) in [6.45, 7) is 0.793. The third kappa shape index (κ3) is 2.30. The molecule has 0 unspecified atom stereocenters. The molecule has 0 radical (unpaired) electrons. The molecule has 12 heavy (non-hydrogen) atoms. The van der Waals surface area contributed by atoms with Crippen LogP contribution in [0.3, 0.4) is 0 Å². The molecule has 3 N–H and O–H groups in total. The predicted molar refractivity (Wildman–Crippen MR) is 46.4 cm³/mol. The fourth-order valence-electron chi connectivity index (χ4n) is 1.01. The normalized spacial score (nSPS) is 10.7. The largest absolute Gasteiger partial charge is 0.364 e. The summed E-state index contributed by atoms with van der Waals surface area (Å²) in [4.78, 5) is 0. The number of aliphatic hydroxyl groups is 2. The lowest BCUT2D eigenvalue weighted by Gasteiger charge is -2.04. The molecule has 3 nitrogen and oxygen atoms in total. The highest BCUT2D eigenvalue weighted by Gasteiger charge is 2.00. The Morgan fingerprint density at radius 2 is 1.83 bits per heavy atom. The summed E-state index contributed by atoms with van der Waals surface area (Å²) >= 11 is 0. The summed E-state index contributed by atoms with van der Waals surface area (Å²) in [7, 11) is 1.87. The van der Waals surface area contributed by atoms with Gasteiger partial charge in [0.15, 0.2) is 6.29 Å². The smallest absolute Gasteiger partial charge is 0.178 e. The Hall–Kier alpha value is -0.900. The summed E-state index contributed by atoms with van der Waals surface area (Å²) in [6, 6.07) is 7.14. The molecule has 0 aliphatic carbocycles. The summed E-state index contributed by atoms with van der Waals surface area (Å²) in [6.07, 6.45) is -1.37. The average molecular weight is 167 g/mol. The molecule has 0 spiro atoms. The quantitative estimate of drug-likeness (QED) is 0.571. The van der Waals surface area contributed by atoms with Crippen LogP contribution in [0.1, 0.15) is 17.4 Å². The van der Waals surface area contributed by atoms with E-state index in [1.54, 1.807) is 12.1 Å². The molecule has 0 saturated heterocycles. The van der Waals surface area contributed by atoms with Gasteiger partial charge in [-0.25, -0.2) is 0 Å². The average Bonchev–Trinajstić information content (AvgIpc) is 2.06. The van der Waals surface area contributed by atoms with Crippen LogP contribution >= 0.6 is 0 Å². The molecule has 66 valence electrons. The van der Waals surface area contributed by atoms with Crippen molar-refractivity contribution in [2.45, 2.75) is 12.8 Å². The van der Waals surface area contributed by atoms with E-state index < -0.39 is 6.29 Å². The van der Waals surface area contributed by atoms with E-state index >= 15 is 0 Å². The Balaban J connectivity index is 2.71. The molecule has 1 rings (SSSR count). The van der Waals surface area contributed by atoms with Gasteiger partial charge in [0, 0.05) is 12.1 Å². The SMILES string of the molecule is CNCc1ccc(C(O)O)cc1. The van der Waals surface area contributed by atoms with E-state index in [4.69, 9.17) is 10.2 Å². The lowest BCUT2D eigenvalue weighted by molar-refractivity contribution is -0.0424. The predicted octanol–water partition coefficient (Wildman–Crippen LogP) is 0.389. The van der Waals surface area contributed by atoms with Gasteiger partial charge in [0.05, 0.1) is 0 Å². The molecule has 0 heterocycles. The van der Waals surface area contributed by atoms with E-state index in [0.29, 0.717) is 5.56 Å². The number of rotatable bonds is 3. The highest BCUT2D eigenvalue weighted by Crippen LogP contribution is 2.10. The minimum atomic E-state index is -1.37. The summed E-state index contributed by atoms with van der Waals surface area (Å²) in [5, 5.41) is 20.6. The number of hydrogen-bond donors (Lipinski definition) is 3. The van der Waals surface area contributed by atoms with E-state index in [-0.39, 0.29) is 0 Å². The number of benzene rings is 1. The van der Waals surface area contributed by atoms with Crippen LogP contribution in [0.5, 0.6) is 0 Å². The van der Waals surface area contributed by atoms with Crippen molar-refractivity contribution in [2.24, 2.45) is 0 Å². The summed E-state index contributed by atoms with van der Waals surface area (Å²) < 4.78 is 0. The molecule has 0 aliphatic rings. The van der Waals surface area contributed by atoms with E-state index in [1.807, 2.05) is 19.2 Å². The fourth-order valence-corrected chi connectivity index (χ4v) is 1.01. The maximum Gasteiger partial charge on any atom is 0.178 e. The van der Waals surface area contributed by atoms with Crippen molar-refractivity contribution in [3.63, 3.8) is 0 Å². The van der Waals surface area contributed by atoms with Crippen LogP contribution < -0.4 is 5.32 Å². The van der Waals surface area contributed by atoms with Crippen LogP contribution in [0.25, 0.3) is 0 Å². The Morgan fingerprint density at radius 3 is 2.25 bits per heavy atom. The highest BCUT2D eigenvalue weighted by atomic mass is 16.5. The fraction of sp³-hybridized carbons (Fsp3) is 0.333. The molecule has 0 atom stereocenters. The second-order valence-corrected chi connectivity index (χ2v) is 2.65. The van der Waals surface area contributed by atoms with Gasteiger partial charge in [0.2, 0.25) is 0 Å². The topological polar surface area (TPSA) is 52.5 Å². The minimum absolute atomic E-state index is 0.523. The molecular formula is C9H13NO2. The van der Waals surface area contributed by atoms with Crippen LogP contribution in [0.4, 0.5) is 0 Å². The van der Waals surface area contributed by atoms with E-state index in [1.165, 1.54) is 0 Å². The lowest BCUT2D eigenvalue weighted by Crippen LogP contribution is -2.05. The monoisotopic (exact) mass is 167 g/mol. The van der Waals surface area contributed by atoms with Gasteiger partial charge in [-0.3, -0.25) is 0 Å². The van der Waals surface area contributed by atoms with Gasteiger partial charge >= 0.3 is 0 Å². The molecule has 1 aromatic rings. The Kier molecular flexibility index (Phi) is 3.22. The van der Waals surface area contributed by atoms with Crippen molar-refractivity contribution >= 4 is 0 Å². The molecule has 0 aliphatic heterocycles. The zero-order valence-corrected chi connectivity index (χ0v) is 6.99. The van der Waals surface area contributed by atoms with E-state index in [2.05, 4.69) is 5.32 Å². The Labute approximate surface area is 71.7 Å². The van der Waals surface area contributed by atoms with Crippen molar-refractivity contribution < 1.29 is 10.2 Å². The van der Waals surface area contributed by atoms with Crippen LogP contribution in [0, 0.1) is 0 Å². The van der Waals surface area contributed by atoms with Gasteiger partial charge in [0.1, 0.15) is 0 Å². The second kappa shape index (κ2) is 4.21. The molecule has 0 aromatic heterocycles. The maximum atomic E-state index is 8.78. The standard InChI is InChI=1S/C9H13NO2/c1-10-6-7-2-4-8(5-3-7)9(11)12/h2-5,9-12H,6H2,1H3. The van der Waals surface area contributed by atoms with Gasteiger partial charge in [0.25, 0.3) is 0 Å². The van der Waals surface area contributed by atoms with E-state index in [0.717, 1.165) is 12.1 Å². The van der Waals surface area contributed by atoms with Crippen LogP contribution in [-0.2, 0) is 6.54 Å². The lowest BCUT2D eigenvalue weighted by atomic mass is 10.1. The van der Waals surface area contributed by atoms with Crippen molar-refractivity contribution in [1.29, 1.82) is 0 Å². The molecule has 0 saturated carbocycles. The summed E-state index contributed by atoms with van der Waals surface area (Å²) in [5.74, 6) is 0. The second-order valence-electron chi connectivity index (χ2n) is 2.65. The molecule has 3 heteroatoms.